The number of hydrogen-bond donors (Lipinski definition) is 1. The summed E-state index contributed by atoms with van der Waals surface area (Å²) in [6.45, 7) is 5.60. The van der Waals surface area contributed by atoms with E-state index < -0.39 is 22.1 Å². The van der Waals surface area contributed by atoms with Crippen molar-refractivity contribution >= 4 is 27.9 Å². The van der Waals surface area contributed by atoms with Gasteiger partial charge in [0.15, 0.2) is 0 Å². The first-order valence-corrected chi connectivity index (χ1v) is 9.28. The highest BCUT2D eigenvalue weighted by Gasteiger charge is 2.38. The first kappa shape index (κ1) is 16.1. The highest BCUT2D eigenvalue weighted by molar-refractivity contribution is 8.00. The van der Waals surface area contributed by atoms with E-state index in [1.807, 2.05) is 13.8 Å². The number of rotatable bonds is 3. The van der Waals surface area contributed by atoms with Gasteiger partial charge in [0.05, 0.1) is 5.92 Å². The molecule has 2 fully saturated rings. The van der Waals surface area contributed by atoms with Crippen LogP contribution < -0.4 is 0 Å². The topological polar surface area (TPSA) is 77.9 Å². The molecule has 1 N–H and O–H groups in total. The van der Waals surface area contributed by atoms with Crippen LogP contribution in [0.25, 0.3) is 0 Å². The summed E-state index contributed by atoms with van der Waals surface area (Å²) >= 11 is 1.79. The molecule has 2 aliphatic heterocycles. The van der Waals surface area contributed by atoms with Crippen molar-refractivity contribution in [2.45, 2.75) is 37.2 Å². The number of piperidine rings is 1. The standard InChI is InChI=1S/C12H22N2O4S2/c1-9-6-14(7-10(2)19-9)20(17,18)13-5-3-4-11(8-13)12(15)16/h9-11H,3-8H2,1-2H3,(H,15,16). The van der Waals surface area contributed by atoms with Crippen LogP contribution in [0.2, 0.25) is 0 Å². The number of nitrogens with zero attached hydrogens (tertiary/aromatic N) is 2. The minimum atomic E-state index is -3.53. The largest absolute Gasteiger partial charge is 0.481 e. The molecule has 3 unspecified atom stereocenters. The van der Waals surface area contributed by atoms with Crippen molar-refractivity contribution in [1.82, 2.24) is 8.61 Å². The summed E-state index contributed by atoms with van der Waals surface area (Å²) in [6, 6.07) is 0. The minimum Gasteiger partial charge on any atom is -0.481 e. The van der Waals surface area contributed by atoms with Gasteiger partial charge < -0.3 is 5.11 Å². The fraction of sp³-hybridized carbons (Fsp3) is 0.917. The van der Waals surface area contributed by atoms with Crippen LogP contribution in [-0.4, -0.2) is 64.8 Å². The quantitative estimate of drug-likeness (QED) is 0.833. The van der Waals surface area contributed by atoms with Gasteiger partial charge in [-0.25, -0.2) is 0 Å². The summed E-state index contributed by atoms with van der Waals surface area (Å²) in [5.74, 6) is -1.48. The van der Waals surface area contributed by atoms with E-state index in [1.165, 1.54) is 8.61 Å². The van der Waals surface area contributed by atoms with Crippen LogP contribution in [0.1, 0.15) is 26.7 Å². The lowest BCUT2D eigenvalue weighted by Gasteiger charge is -2.38. The molecule has 2 aliphatic rings. The molecule has 8 heteroatoms. The van der Waals surface area contributed by atoms with Crippen molar-refractivity contribution in [2.24, 2.45) is 5.92 Å². The van der Waals surface area contributed by atoms with E-state index in [1.54, 1.807) is 11.8 Å². The summed E-state index contributed by atoms with van der Waals surface area (Å²) < 4.78 is 28.2. The molecule has 20 heavy (non-hydrogen) atoms. The van der Waals surface area contributed by atoms with Crippen LogP contribution >= 0.6 is 11.8 Å². The molecule has 6 nitrogen and oxygen atoms in total. The summed E-state index contributed by atoms with van der Waals surface area (Å²) in [4.78, 5) is 11.1. The molecule has 0 aromatic carbocycles. The molecule has 2 rings (SSSR count). The van der Waals surface area contributed by atoms with E-state index in [4.69, 9.17) is 5.11 Å². The van der Waals surface area contributed by atoms with Crippen LogP contribution in [0, 0.1) is 5.92 Å². The first-order chi connectivity index (χ1) is 9.30. The van der Waals surface area contributed by atoms with Crippen LogP contribution in [0.4, 0.5) is 0 Å². The molecule has 0 spiro atoms. The molecule has 0 amide bonds. The molecule has 2 heterocycles. The molecule has 0 aromatic heterocycles. The van der Waals surface area contributed by atoms with Gasteiger partial charge in [0.1, 0.15) is 0 Å². The third kappa shape index (κ3) is 3.47. The Bertz CT molecular complexity index is 458. The van der Waals surface area contributed by atoms with E-state index in [2.05, 4.69) is 0 Å². The van der Waals surface area contributed by atoms with Crippen LogP contribution in [0.3, 0.4) is 0 Å². The fourth-order valence-electron chi connectivity index (χ4n) is 2.84. The van der Waals surface area contributed by atoms with Gasteiger partial charge in [-0.15, -0.1) is 0 Å². The highest BCUT2D eigenvalue weighted by Crippen LogP contribution is 2.29. The molecule has 0 aliphatic carbocycles. The van der Waals surface area contributed by atoms with Crippen molar-refractivity contribution in [3.05, 3.63) is 0 Å². The average Bonchev–Trinajstić information content (AvgIpc) is 2.37. The second-order valence-electron chi connectivity index (χ2n) is 5.62. The summed E-state index contributed by atoms with van der Waals surface area (Å²) in [5, 5.41) is 9.62. The SMILES string of the molecule is CC1CN(S(=O)(=O)N2CCCC(C(=O)O)C2)CC(C)S1. The Labute approximate surface area is 124 Å². The van der Waals surface area contributed by atoms with Gasteiger partial charge >= 0.3 is 5.97 Å². The molecule has 0 saturated carbocycles. The van der Waals surface area contributed by atoms with E-state index in [-0.39, 0.29) is 17.0 Å². The van der Waals surface area contributed by atoms with Crippen molar-refractivity contribution in [1.29, 1.82) is 0 Å². The number of carbonyl (C=O) groups is 1. The molecule has 116 valence electrons. The number of carboxylic acid groups (broad SMARTS) is 1. The minimum absolute atomic E-state index is 0.101. The lowest BCUT2D eigenvalue weighted by Crippen LogP contribution is -2.53. The normalized spacial score (nSPS) is 34.0. The van der Waals surface area contributed by atoms with Gasteiger partial charge in [-0.1, -0.05) is 13.8 Å². The summed E-state index contributed by atoms with van der Waals surface area (Å²) in [5.41, 5.74) is 0. The predicted octanol–water partition coefficient (Wildman–Crippen LogP) is 0.854. The smallest absolute Gasteiger partial charge is 0.307 e. The number of thioether (sulfide) groups is 1. The highest BCUT2D eigenvalue weighted by atomic mass is 32.2. The third-order valence-electron chi connectivity index (χ3n) is 3.77. The zero-order valence-corrected chi connectivity index (χ0v) is 13.5. The fourth-order valence-corrected chi connectivity index (χ4v) is 6.23. The van der Waals surface area contributed by atoms with Gasteiger partial charge in [-0.05, 0) is 12.8 Å². The molecular formula is C12H22N2O4S2. The monoisotopic (exact) mass is 322 g/mol. The first-order valence-electron chi connectivity index (χ1n) is 6.94. The van der Waals surface area contributed by atoms with E-state index >= 15 is 0 Å². The van der Waals surface area contributed by atoms with Gasteiger partial charge in [0, 0.05) is 36.7 Å². The van der Waals surface area contributed by atoms with Crippen molar-refractivity contribution < 1.29 is 18.3 Å². The average molecular weight is 322 g/mol. The second kappa shape index (κ2) is 6.21. The molecule has 0 aromatic rings. The molecule has 0 bridgehead atoms. The van der Waals surface area contributed by atoms with Gasteiger partial charge in [-0.3, -0.25) is 4.79 Å². The van der Waals surface area contributed by atoms with E-state index in [0.717, 1.165) is 0 Å². The lowest BCUT2D eigenvalue weighted by atomic mass is 10.0. The Morgan fingerprint density at radius 3 is 2.30 bits per heavy atom. The molecule has 2 saturated heterocycles. The van der Waals surface area contributed by atoms with Crippen LogP contribution in [0.5, 0.6) is 0 Å². The third-order valence-corrected chi connectivity index (χ3v) is 6.93. The maximum atomic E-state index is 12.6. The van der Waals surface area contributed by atoms with Gasteiger partial charge in [0.25, 0.3) is 10.2 Å². The predicted molar refractivity (Wildman–Crippen MR) is 78.9 cm³/mol. The Balaban J connectivity index is 2.11. The zero-order valence-electron chi connectivity index (χ0n) is 11.9. The Morgan fingerprint density at radius 2 is 1.75 bits per heavy atom. The van der Waals surface area contributed by atoms with Gasteiger partial charge in [0.2, 0.25) is 0 Å². The van der Waals surface area contributed by atoms with Crippen molar-refractivity contribution in [3.63, 3.8) is 0 Å². The maximum Gasteiger partial charge on any atom is 0.307 e. The number of carboxylic acids is 1. The lowest BCUT2D eigenvalue weighted by molar-refractivity contribution is -0.142. The molecule has 3 atom stereocenters. The maximum absolute atomic E-state index is 12.6. The molecular weight excluding hydrogens is 300 g/mol. The second-order valence-corrected chi connectivity index (χ2v) is 9.43. The Morgan fingerprint density at radius 1 is 1.15 bits per heavy atom. The Hall–Kier alpha value is -0.310. The zero-order chi connectivity index (χ0) is 14.9. The summed E-state index contributed by atoms with van der Waals surface area (Å²) in [7, 11) is -3.53. The number of aliphatic carboxylic acids is 1. The molecule has 0 radical (unpaired) electrons. The van der Waals surface area contributed by atoms with Crippen LogP contribution in [-0.2, 0) is 15.0 Å². The summed E-state index contributed by atoms with van der Waals surface area (Å²) in [6.07, 6.45) is 1.17. The van der Waals surface area contributed by atoms with Crippen molar-refractivity contribution in [3.8, 4) is 0 Å². The van der Waals surface area contributed by atoms with E-state index in [0.29, 0.717) is 32.5 Å². The van der Waals surface area contributed by atoms with E-state index in [9.17, 15) is 13.2 Å². The van der Waals surface area contributed by atoms with Gasteiger partial charge in [-0.2, -0.15) is 28.8 Å². The van der Waals surface area contributed by atoms with Crippen molar-refractivity contribution in [2.75, 3.05) is 26.2 Å². The van der Waals surface area contributed by atoms with Crippen LogP contribution in [0.15, 0.2) is 0 Å². The Kier molecular flexibility index (Phi) is 4.99. The number of hydrogen-bond acceptors (Lipinski definition) is 4.